The molecule has 0 fully saturated rings. The van der Waals surface area contributed by atoms with Crippen LogP contribution in [0.15, 0.2) is 48.2 Å². The number of aromatic nitrogens is 2. The van der Waals surface area contributed by atoms with Crippen LogP contribution in [0, 0.1) is 12.7 Å². The molecule has 0 saturated heterocycles. The maximum Gasteiger partial charge on any atom is 0.423 e. The Morgan fingerprint density at radius 1 is 1.21 bits per heavy atom. The number of ether oxygens (including phenoxy) is 1. The lowest BCUT2D eigenvalue weighted by Crippen LogP contribution is -2.51. The van der Waals surface area contributed by atoms with E-state index in [1.807, 2.05) is 0 Å². The van der Waals surface area contributed by atoms with Crippen LogP contribution in [0.5, 0.6) is 5.75 Å². The summed E-state index contributed by atoms with van der Waals surface area (Å²) < 4.78 is 62.7. The summed E-state index contributed by atoms with van der Waals surface area (Å²) in [6, 6.07) is 4.63. The van der Waals surface area contributed by atoms with Crippen molar-refractivity contribution in [3.05, 3.63) is 70.4 Å². The van der Waals surface area contributed by atoms with Crippen LogP contribution in [0.3, 0.4) is 0 Å². The Bertz CT molecular complexity index is 1210. The molecule has 2 unspecified atom stereocenters. The highest BCUT2D eigenvalue weighted by Crippen LogP contribution is 2.46. The van der Waals surface area contributed by atoms with Crippen molar-refractivity contribution in [2.45, 2.75) is 38.6 Å². The summed E-state index contributed by atoms with van der Waals surface area (Å²) in [5.41, 5.74) is -3.10. The predicted octanol–water partition coefficient (Wildman–Crippen LogP) is 6.15. The minimum absolute atomic E-state index is 0.00951. The molecule has 5 nitrogen and oxygen atoms in total. The van der Waals surface area contributed by atoms with E-state index in [-0.39, 0.29) is 38.5 Å². The van der Waals surface area contributed by atoms with Crippen LogP contribution in [0.25, 0.3) is 10.9 Å². The van der Waals surface area contributed by atoms with Crippen molar-refractivity contribution in [1.29, 1.82) is 0 Å². The van der Waals surface area contributed by atoms with E-state index in [1.54, 1.807) is 6.92 Å². The van der Waals surface area contributed by atoms with Crippen LogP contribution in [-0.4, -0.2) is 34.0 Å². The minimum Gasteiger partial charge on any atom is -0.496 e. The summed E-state index contributed by atoms with van der Waals surface area (Å²) in [5, 5.41) is 14.2. The molecule has 0 aliphatic carbocycles. The second-order valence-corrected chi connectivity index (χ2v) is 8.22. The average Bonchev–Trinajstić information content (AvgIpc) is 2.72. The zero-order valence-corrected chi connectivity index (χ0v) is 19.0. The van der Waals surface area contributed by atoms with Gasteiger partial charge < -0.3 is 15.2 Å². The fourth-order valence-corrected chi connectivity index (χ4v) is 3.74. The van der Waals surface area contributed by atoms with Gasteiger partial charge in [-0.3, -0.25) is 0 Å². The number of rotatable bonds is 6. The highest BCUT2D eigenvalue weighted by atomic mass is 35.5. The molecule has 1 aromatic heterocycles. The zero-order chi connectivity index (χ0) is 24.6. The van der Waals surface area contributed by atoms with Crippen molar-refractivity contribution in [2.24, 2.45) is 0 Å². The van der Waals surface area contributed by atoms with Crippen LogP contribution in [0.4, 0.5) is 23.2 Å². The minimum atomic E-state index is -5.09. The lowest BCUT2D eigenvalue weighted by molar-refractivity contribution is -0.246. The molecule has 1 heterocycles. The van der Waals surface area contributed by atoms with E-state index in [0.29, 0.717) is 5.82 Å². The van der Waals surface area contributed by atoms with Crippen LogP contribution in [0.2, 0.25) is 5.02 Å². The highest BCUT2D eigenvalue weighted by molar-refractivity contribution is 6.30. The molecule has 3 aromatic rings. The van der Waals surface area contributed by atoms with E-state index in [4.69, 9.17) is 16.3 Å². The molecule has 2 aromatic carbocycles. The number of allylic oxidation sites excluding steroid dienone is 1. The first kappa shape index (κ1) is 24.7. The second-order valence-electron chi connectivity index (χ2n) is 7.78. The summed E-state index contributed by atoms with van der Waals surface area (Å²) in [6.45, 7) is 4.45. The van der Waals surface area contributed by atoms with E-state index >= 15 is 0 Å². The molecule has 2 N–H and O–H groups in total. The summed E-state index contributed by atoms with van der Waals surface area (Å²) >= 11 is 6.00. The number of nitrogens with one attached hydrogen (secondary N) is 1. The maximum absolute atomic E-state index is 14.4. The molecule has 10 heteroatoms. The maximum atomic E-state index is 14.4. The van der Waals surface area contributed by atoms with Crippen molar-refractivity contribution >= 4 is 28.2 Å². The number of aliphatic hydroxyl groups is 1. The Balaban J connectivity index is 2.31. The number of fused-ring (bicyclic) bond motifs is 1. The molecule has 33 heavy (non-hydrogen) atoms. The molecule has 0 aliphatic heterocycles. The number of halogens is 5. The third-order valence-electron chi connectivity index (χ3n) is 5.03. The van der Waals surface area contributed by atoms with Crippen LogP contribution < -0.4 is 10.1 Å². The van der Waals surface area contributed by atoms with Crippen LogP contribution in [-0.2, 0) is 0 Å². The number of methoxy groups -OCH3 is 1. The molecule has 3 rings (SSSR count). The Kier molecular flexibility index (Phi) is 6.85. The number of hydrogen-bond acceptors (Lipinski definition) is 5. The van der Waals surface area contributed by atoms with Crippen LogP contribution >= 0.6 is 11.6 Å². The van der Waals surface area contributed by atoms with Crippen molar-refractivity contribution in [3.63, 3.8) is 0 Å². The number of benzene rings is 2. The molecular formula is C23H22ClF4N3O2. The lowest BCUT2D eigenvalue weighted by Gasteiger charge is -2.38. The number of alkyl halides is 3. The van der Waals surface area contributed by atoms with Gasteiger partial charge in [0, 0.05) is 27.9 Å². The fraction of sp³-hybridized carbons (Fsp3) is 0.304. The van der Waals surface area contributed by atoms with E-state index < -0.39 is 23.6 Å². The van der Waals surface area contributed by atoms with Gasteiger partial charge in [0.1, 0.15) is 22.9 Å². The van der Waals surface area contributed by atoms with Gasteiger partial charge in [0.15, 0.2) is 0 Å². The topological polar surface area (TPSA) is 67.3 Å². The molecule has 0 amide bonds. The highest BCUT2D eigenvalue weighted by Gasteiger charge is 2.58. The number of nitrogens with zero attached hydrogens (tertiary/aromatic N) is 2. The van der Waals surface area contributed by atoms with Crippen molar-refractivity contribution in [2.75, 3.05) is 12.4 Å². The third-order valence-corrected chi connectivity index (χ3v) is 5.27. The molecule has 0 aliphatic rings. The molecular weight excluding hydrogens is 462 g/mol. The average molecular weight is 484 g/mol. The number of aryl methyl sites for hydroxylation is 1. The molecule has 0 bridgehead atoms. The Morgan fingerprint density at radius 3 is 2.52 bits per heavy atom. The third kappa shape index (κ3) is 4.89. The van der Waals surface area contributed by atoms with Gasteiger partial charge in [0.25, 0.3) is 0 Å². The van der Waals surface area contributed by atoms with Gasteiger partial charge in [0.2, 0.25) is 5.60 Å². The fourth-order valence-electron chi connectivity index (χ4n) is 3.57. The standard InChI is InChI=1S/C23H22ClF4N3O2/c1-12(2)10-22(32,23(26,27)28)21(15-6-5-14(24)9-19(15)33-4)31-18-8-7-17(25)20-16(18)11-29-13(3)30-20/h5-11,21,31-32H,1-4H3. The van der Waals surface area contributed by atoms with Crippen molar-refractivity contribution in [3.8, 4) is 5.75 Å². The smallest absolute Gasteiger partial charge is 0.423 e. The van der Waals surface area contributed by atoms with Gasteiger partial charge in [-0.2, -0.15) is 13.2 Å². The quantitative estimate of drug-likeness (QED) is 0.325. The molecule has 176 valence electrons. The number of hydrogen-bond donors (Lipinski definition) is 2. The summed E-state index contributed by atoms with van der Waals surface area (Å²) in [6.07, 6.45) is -3.05. The van der Waals surface area contributed by atoms with E-state index in [2.05, 4.69) is 15.3 Å². The van der Waals surface area contributed by atoms with Gasteiger partial charge in [-0.25, -0.2) is 14.4 Å². The molecule has 2 atom stereocenters. The molecule has 0 saturated carbocycles. The van der Waals surface area contributed by atoms with Crippen molar-refractivity contribution in [1.82, 2.24) is 9.97 Å². The second kappa shape index (κ2) is 9.15. The van der Waals surface area contributed by atoms with Gasteiger partial charge in [-0.15, -0.1) is 0 Å². The first-order valence-electron chi connectivity index (χ1n) is 9.84. The lowest BCUT2D eigenvalue weighted by atomic mass is 9.85. The van der Waals surface area contributed by atoms with E-state index in [1.165, 1.54) is 51.4 Å². The van der Waals surface area contributed by atoms with Crippen LogP contribution in [0.1, 0.15) is 31.3 Å². The first-order valence-corrected chi connectivity index (χ1v) is 10.2. The Hall–Kier alpha value is -2.91. The normalized spacial score (nSPS) is 14.5. The monoisotopic (exact) mass is 483 g/mol. The van der Waals surface area contributed by atoms with E-state index in [0.717, 1.165) is 12.1 Å². The Morgan fingerprint density at radius 2 is 1.91 bits per heavy atom. The van der Waals surface area contributed by atoms with Gasteiger partial charge in [0.05, 0.1) is 13.2 Å². The SMILES string of the molecule is COc1cc(Cl)ccc1C(Nc1ccc(F)c2nc(C)ncc12)C(O)(C=C(C)C)C(F)(F)F. The summed E-state index contributed by atoms with van der Waals surface area (Å²) in [5.74, 6) is -0.328. The van der Waals surface area contributed by atoms with Crippen molar-refractivity contribution < 1.29 is 27.4 Å². The van der Waals surface area contributed by atoms with Gasteiger partial charge in [-0.1, -0.05) is 23.2 Å². The molecule has 0 radical (unpaired) electrons. The van der Waals surface area contributed by atoms with Gasteiger partial charge in [-0.05, 0) is 51.1 Å². The molecule has 0 spiro atoms. The summed E-state index contributed by atoms with van der Waals surface area (Å²) in [4.78, 5) is 8.09. The zero-order valence-electron chi connectivity index (χ0n) is 18.3. The van der Waals surface area contributed by atoms with E-state index in [9.17, 15) is 22.7 Å². The Labute approximate surface area is 193 Å². The van der Waals surface area contributed by atoms with Gasteiger partial charge >= 0.3 is 6.18 Å². The largest absolute Gasteiger partial charge is 0.496 e. The first-order chi connectivity index (χ1) is 15.4. The summed E-state index contributed by atoms with van der Waals surface area (Å²) in [7, 11) is 1.28. The number of anilines is 1. The predicted molar refractivity (Wildman–Crippen MR) is 119 cm³/mol.